The molecular weight excluding hydrogens is 357 g/mol. The maximum atomic E-state index is 10.4. The summed E-state index contributed by atoms with van der Waals surface area (Å²) < 4.78 is 7.19. The number of fused-ring (bicyclic) bond motifs is 1. The van der Waals surface area contributed by atoms with Gasteiger partial charge in [0.1, 0.15) is 18.3 Å². The average molecular weight is 376 g/mol. The zero-order valence-electron chi connectivity index (χ0n) is 13.1. The van der Waals surface area contributed by atoms with Gasteiger partial charge in [0.25, 0.3) is 0 Å². The lowest BCUT2D eigenvalue weighted by Gasteiger charge is -2.36. The average Bonchev–Trinajstić information content (AvgIpc) is 2.82. The molecule has 0 bridgehead atoms. The smallest absolute Gasteiger partial charge is 0.206 e. The standard InChI is InChI=1S/C15H19Cl2N3O4/c1-6(2)18-15-19-9-3-7(16)8(17)4-10(9)20(15)14-13(23)12(22)11(21)5-24-14/h3-4,6,11-14,21-23H,5H2,1-2H3,(H,18,19)/t11-,12-,13+,14+/m0/s1. The molecule has 0 saturated carbocycles. The minimum atomic E-state index is -1.33. The summed E-state index contributed by atoms with van der Waals surface area (Å²) >= 11 is 12.2. The van der Waals surface area contributed by atoms with Crippen molar-refractivity contribution in [1.29, 1.82) is 0 Å². The normalized spacial score (nSPS) is 27.8. The Hall–Kier alpha value is -1.09. The Morgan fingerprint density at radius 2 is 1.88 bits per heavy atom. The number of aliphatic hydroxyl groups is 3. The van der Waals surface area contributed by atoms with E-state index >= 15 is 0 Å². The van der Waals surface area contributed by atoms with Crippen LogP contribution in [0.15, 0.2) is 12.1 Å². The van der Waals surface area contributed by atoms with Gasteiger partial charge in [0.2, 0.25) is 5.95 Å². The molecule has 1 aromatic carbocycles. The predicted octanol–water partition coefficient (Wildman–Crippen LogP) is 1.77. The lowest BCUT2D eigenvalue weighted by atomic mass is 10.0. The molecule has 4 atom stereocenters. The molecule has 1 fully saturated rings. The summed E-state index contributed by atoms with van der Waals surface area (Å²) in [5.74, 6) is 0.450. The highest BCUT2D eigenvalue weighted by Gasteiger charge is 2.40. The van der Waals surface area contributed by atoms with E-state index in [1.165, 1.54) is 0 Å². The van der Waals surface area contributed by atoms with E-state index in [0.717, 1.165) is 0 Å². The molecule has 1 aliphatic heterocycles. The van der Waals surface area contributed by atoms with E-state index in [0.29, 0.717) is 27.0 Å². The van der Waals surface area contributed by atoms with Crippen LogP contribution in [0.3, 0.4) is 0 Å². The highest BCUT2D eigenvalue weighted by molar-refractivity contribution is 6.42. The van der Waals surface area contributed by atoms with Crippen LogP contribution in [0.4, 0.5) is 5.95 Å². The number of nitrogens with one attached hydrogen (secondary N) is 1. The van der Waals surface area contributed by atoms with Gasteiger partial charge >= 0.3 is 0 Å². The molecule has 3 rings (SSSR count). The number of aromatic nitrogens is 2. The zero-order valence-corrected chi connectivity index (χ0v) is 14.7. The molecule has 0 spiro atoms. The van der Waals surface area contributed by atoms with Crippen molar-refractivity contribution in [3.05, 3.63) is 22.2 Å². The number of hydrogen-bond acceptors (Lipinski definition) is 6. The third kappa shape index (κ3) is 3.08. The van der Waals surface area contributed by atoms with E-state index in [1.54, 1.807) is 16.7 Å². The van der Waals surface area contributed by atoms with E-state index in [9.17, 15) is 15.3 Å². The second-order valence-corrected chi connectivity index (χ2v) is 6.95. The number of rotatable bonds is 3. The Morgan fingerprint density at radius 3 is 2.54 bits per heavy atom. The van der Waals surface area contributed by atoms with Crippen molar-refractivity contribution in [2.45, 2.75) is 44.4 Å². The summed E-state index contributed by atoms with van der Waals surface area (Å²) in [6.45, 7) is 3.78. The van der Waals surface area contributed by atoms with Crippen LogP contribution in [0.2, 0.25) is 10.0 Å². The number of hydrogen-bond donors (Lipinski definition) is 4. The maximum absolute atomic E-state index is 10.4. The largest absolute Gasteiger partial charge is 0.388 e. The van der Waals surface area contributed by atoms with Crippen molar-refractivity contribution in [1.82, 2.24) is 9.55 Å². The summed E-state index contributed by atoms with van der Waals surface area (Å²) in [6, 6.07) is 3.33. The Labute approximate surface area is 148 Å². The van der Waals surface area contributed by atoms with E-state index < -0.39 is 24.5 Å². The highest BCUT2D eigenvalue weighted by atomic mass is 35.5. The van der Waals surface area contributed by atoms with Gasteiger partial charge in [-0.05, 0) is 26.0 Å². The fourth-order valence-corrected chi connectivity index (χ4v) is 3.04. The molecule has 1 aliphatic rings. The van der Waals surface area contributed by atoms with Crippen LogP contribution in [-0.4, -0.2) is 55.8 Å². The van der Waals surface area contributed by atoms with Crippen LogP contribution in [0.1, 0.15) is 20.1 Å². The molecule has 7 nitrogen and oxygen atoms in total. The third-order valence-corrected chi connectivity index (χ3v) is 4.60. The van der Waals surface area contributed by atoms with E-state index in [-0.39, 0.29) is 12.6 Å². The molecule has 24 heavy (non-hydrogen) atoms. The first-order chi connectivity index (χ1) is 11.3. The minimum Gasteiger partial charge on any atom is -0.388 e. The summed E-state index contributed by atoms with van der Waals surface area (Å²) in [5.41, 5.74) is 1.17. The van der Waals surface area contributed by atoms with Crippen LogP contribution >= 0.6 is 23.2 Å². The van der Waals surface area contributed by atoms with Gasteiger partial charge in [0.05, 0.1) is 27.7 Å². The fourth-order valence-electron chi connectivity index (χ4n) is 2.73. The number of aliphatic hydroxyl groups excluding tert-OH is 3. The molecule has 1 aromatic heterocycles. The van der Waals surface area contributed by atoms with Gasteiger partial charge in [-0.2, -0.15) is 0 Å². The Balaban J connectivity index is 2.15. The van der Waals surface area contributed by atoms with Gasteiger partial charge in [0.15, 0.2) is 6.23 Å². The number of ether oxygens (including phenoxy) is 1. The molecular formula is C15H19Cl2N3O4. The molecule has 0 radical (unpaired) electrons. The fraction of sp³-hybridized carbons (Fsp3) is 0.533. The molecule has 9 heteroatoms. The second-order valence-electron chi connectivity index (χ2n) is 6.13. The molecule has 2 aromatic rings. The second kappa shape index (κ2) is 6.67. The van der Waals surface area contributed by atoms with Gasteiger partial charge in [-0.1, -0.05) is 23.2 Å². The van der Waals surface area contributed by atoms with Gasteiger partial charge < -0.3 is 25.4 Å². The monoisotopic (exact) mass is 375 g/mol. The first-order valence-electron chi connectivity index (χ1n) is 7.59. The summed E-state index contributed by atoms with van der Waals surface area (Å²) in [4.78, 5) is 4.48. The highest BCUT2D eigenvalue weighted by Crippen LogP contribution is 2.35. The van der Waals surface area contributed by atoms with Gasteiger partial charge in [0, 0.05) is 6.04 Å². The van der Waals surface area contributed by atoms with Crippen LogP contribution in [0.25, 0.3) is 11.0 Å². The molecule has 4 N–H and O–H groups in total. The Kier molecular flexibility index (Phi) is 4.92. The van der Waals surface area contributed by atoms with Crippen molar-refractivity contribution in [2.24, 2.45) is 0 Å². The first-order valence-corrected chi connectivity index (χ1v) is 8.34. The van der Waals surface area contributed by atoms with Crippen molar-refractivity contribution in [3.8, 4) is 0 Å². The molecule has 132 valence electrons. The van der Waals surface area contributed by atoms with Gasteiger partial charge in [-0.15, -0.1) is 0 Å². The molecule has 0 unspecified atom stereocenters. The van der Waals surface area contributed by atoms with Crippen LogP contribution in [-0.2, 0) is 4.74 Å². The lowest BCUT2D eigenvalue weighted by molar-refractivity contribution is -0.209. The SMILES string of the molecule is CC(C)Nc1nc2cc(Cl)c(Cl)cc2n1[C@@H]1OC[C@H](O)[C@H](O)[C@H]1O. The summed E-state index contributed by atoms with van der Waals surface area (Å²) in [6.07, 6.45) is -4.72. The van der Waals surface area contributed by atoms with Crippen LogP contribution < -0.4 is 5.32 Å². The quantitative estimate of drug-likeness (QED) is 0.652. The summed E-state index contributed by atoms with van der Waals surface area (Å²) in [5, 5.41) is 33.9. The predicted molar refractivity (Wildman–Crippen MR) is 91.5 cm³/mol. The van der Waals surface area contributed by atoms with Gasteiger partial charge in [-0.25, -0.2) is 4.98 Å². The maximum Gasteiger partial charge on any atom is 0.206 e. The van der Waals surface area contributed by atoms with Crippen molar-refractivity contribution in [2.75, 3.05) is 11.9 Å². The topological polar surface area (TPSA) is 99.8 Å². The number of benzene rings is 1. The van der Waals surface area contributed by atoms with Crippen molar-refractivity contribution in [3.63, 3.8) is 0 Å². The Bertz CT molecular complexity index is 752. The van der Waals surface area contributed by atoms with E-state index in [4.69, 9.17) is 27.9 Å². The molecule has 0 amide bonds. The minimum absolute atomic E-state index is 0.0720. The third-order valence-electron chi connectivity index (χ3n) is 3.88. The number of nitrogens with zero attached hydrogens (tertiary/aromatic N) is 2. The van der Waals surface area contributed by atoms with E-state index in [2.05, 4.69) is 10.3 Å². The number of halogens is 2. The summed E-state index contributed by atoms with van der Waals surface area (Å²) in [7, 11) is 0. The molecule has 0 aliphatic carbocycles. The first kappa shape index (κ1) is 17.7. The molecule has 2 heterocycles. The lowest BCUT2D eigenvalue weighted by Crippen LogP contribution is -2.50. The van der Waals surface area contributed by atoms with Crippen LogP contribution in [0.5, 0.6) is 0 Å². The zero-order chi connectivity index (χ0) is 17.6. The van der Waals surface area contributed by atoms with Gasteiger partial charge in [-0.3, -0.25) is 4.57 Å². The molecule has 1 saturated heterocycles. The number of imidazole rings is 1. The Morgan fingerprint density at radius 1 is 1.21 bits per heavy atom. The number of anilines is 1. The van der Waals surface area contributed by atoms with E-state index in [1.807, 2.05) is 13.8 Å². The van der Waals surface area contributed by atoms with Crippen molar-refractivity contribution >= 4 is 40.2 Å². The van der Waals surface area contributed by atoms with Crippen molar-refractivity contribution < 1.29 is 20.1 Å². The van der Waals surface area contributed by atoms with Crippen LogP contribution in [0, 0.1) is 0 Å².